The van der Waals surface area contributed by atoms with Gasteiger partial charge in [0.15, 0.2) is 0 Å². The van der Waals surface area contributed by atoms with E-state index in [0.29, 0.717) is 17.2 Å². The van der Waals surface area contributed by atoms with Crippen LogP contribution in [0.25, 0.3) is 0 Å². The molecule has 0 radical (unpaired) electrons. The van der Waals surface area contributed by atoms with Gasteiger partial charge in [-0.2, -0.15) is 0 Å². The van der Waals surface area contributed by atoms with Crippen molar-refractivity contribution in [2.75, 3.05) is 5.75 Å². The molecule has 2 rings (SSSR count). The molecule has 114 valence electrons. The summed E-state index contributed by atoms with van der Waals surface area (Å²) in [7, 11) is 0. The van der Waals surface area contributed by atoms with Gasteiger partial charge in [-0.25, -0.2) is 4.79 Å². The number of carbonyl (C=O) groups is 2. The van der Waals surface area contributed by atoms with Crippen LogP contribution >= 0.6 is 23.4 Å². The monoisotopic (exact) mass is 327 g/mol. The summed E-state index contributed by atoms with van der Waals surface area (Å²) in [4.78, 5) is 24.3. The van der Waals surface area contributed by atoms with Crippen molar-refractivity contribution in [1.29, 1.82) is 0 Å². The van der Waals surface area contributed by atoms with Crippen LogP contribution < -0.4 is 5.32 Å². The first-order valence-corrected chi connectivity index (χ1v) is 8.21. The van der Waals surface area contributed by atoms with E-state index in [2.05, 4.69) is 5.32 Å². The lowest BCUT2D eigenvalue weighted by Gasteiger charge is -2.26. The number of benzene rings is 1. The van der Waals surface area contributed by atoms with Crippen LogP contribution in [-0.2, 0) is 9.59 Å². The van der Waals surface area contributed by atoms with Crippen molar-refractivity contribution in [3.05, 3.63) is 29.3 Å². The smallest absolute Gasteiger partial charge is 0.329 e. The Balaban J connectivity index is 1.79. The average molecular weight is 328 g/mol. The van der Waals surface area contributed by atoms with E-state index in [1.807, 2.05) is 12.1 Å². The third kappa shape index (κ3) is 4.38. The normalized spacial score (nSPS) is 17.0. The Morgan fingerprint density at radius 3 is 2.52 bits per heavy atom. The summed E-state index contributed by atoms with van der Waals surface area (Å²) >= 11 is 7.35. The molecule has 0 saturated heterocycles. The van der Waals surface area contributed by atoms with E-state index in [4.69, 9.17) is 11.6 Å². The number of halogens is 1. The number of nitrogens with one attached hydrogen (secondary N) is 1. The van der Waals surface area contributed by atoms with Crippen LogP contribution in [0.2, 0.25) is 5.02 Å². The van der Waals surface area contributed by atoms with E-state index >= 15 is 0 Å². The molecule has 2 N–H and O–H groups in total. The first-order chi connectivity index (χ1) is 9.91. The van der Waals surface area contributed by atoms with E-state index in [1.54, 1.807) is 30.8 Å². The van der Waals surface area contributed by atoms with Crippen molar-refractivity contribution in [3.8, 4) is 0 Å². The molecule has 4 nitrogen and oxygen atoms in total. The number of thioether (sulfide) groups is 1. The first-order valence-electron chi connectivity index (χ1n) is 6.84. The van der Waals surface area contributed by atoms with Crippen LogP contribution in [0.4, 0.5) is 0 Å². The number of rotatable bonds is 7. The van der Waals surface area contributed by atoms with Crippen LogP contribution in [0.5, 0.6) is 0 Å². The van der Waals surface area contributed by atoms with Crippen molar-refractivity contribution < 1.29 is 14.7 Å². The van der Waals surface area contributed by atoms with Crippen LogP contribution in [-0.4, -0.2) is 28.3 Å². The number of carbonyl (C=O) groups excluding carboxylic acids is 1. The molecule has 0 bridgehead atoms. The molecule has 1 saturated carbocycles. The van der Waals surface area contributed by atoms with Gasteiger partial charge in [-0.1, -0.05) is 11.6 Å². The molecule has 0 spiro atoms. The molecule has 1 aromatic rings. The minimum absolute atomic E-state index is 0.0582. The Morgan fingerprint density at radius 1 is 1.38 bits per heavy atom. The van der Waals surface area contributed by atoms with Gasteiger partial charge >= 0.3 is 5.97 Å². The highest BCUT2D eigenvalue weighted by atomic mass is 35.5. The van der Waals surface area contributed by atoms with Crippen LogP contribution in [0.15, 0.2) is 29.2 Å². The highest BCUT2D eigenvalue weighted by molar-refractivity contribution is 7.99. The van der Waals surface area contributed by atoms with Gasteiger partial charge in [0.1, 0.15) is 5.54 Å². The number of carboxylic acid groups (broad SMARTS) is 1. The van der Waals surface area contributed by atoms with E-state index < -0.39 is 11.5 Å². The van der Waals surface area contributed by atoms with Gasteiger partial charge in [-0.05, 0) is 49.9 Å². The summed E-state index contributed by atoms with van der Waals surface area (Å²) in [5.41, 5.74) is -1.12. The second kappa shape index (κ2) is 6.71. The molecule has 1 amide bonds. The van der Waals surface area contributed by atoms with E-state index in [-0.39, 0.29) is 11.8 Å². The Bertz CT molecular complexity index is 530. The van der Waals surface area contributed by atoms with Crippen LogP contribution in [0.1, 0.15) is 26.2 Å². The molecule has 1 aliphatic carbocycles. The van der Waals surface area contributed by atoms with Gasteiger partial charge in [0.05, 0.1) is 0 Å². The molecule has 0 heterocycles. The Morgan fingerprint density at radius 2 is 2.00 bits per heavy atom. The molecule has 0 aliphatic heterocycles. The predicted octanol–water partition coefficient (Wildman–Crippen LogP) is 3.19. The number of aliphatic carboxylic acids is 1. The molecule has 21 heavy (non-hydrogen) atoms. The summed E-state index contributed by atoms with van der Waals surface area (Å²) < 4.78 is 0. The highest BCUT2D eigenvalue weighted by Gasteiger charge is 2.48. The van der Waals surface area contributed by atoms with Crippen molar-refractivity contribution in [2.45, 2.75) is 36.6 Å². The van der Waals surface area contributed by atoms with Crippen molar-refractivity contribution in [2.24, 2.45) is 5.92 Å². The predicted molar refractivity (Wildman–Crippen MR) is 83.7 cm³/mol. The van der Waals surface area contributed by atoms with E-state index in [1.165, 1.54) is 0 Å². The Kier molecular flexibility index (Phi) is 5.17. The van der Waals surface area contributed by atoms with Gasteiger partial charge in [0, 0.05) is 22.1 Å². The topological polar surface area (TPSA) is 66.4 Å². The minimum atomic E-state index is -1.12. The molecule has 0 aromatic heterocycles. The summed E-state index contributed by atoms with van der Waals surface area (Å²) in [6, 6.07) is 7.41. The number of carboxylic acids is 1. The fourth-order valence-electron chi connectivity index (χ4n) is 2.14. The molecular weight excluding hydrogens is 310 g/mol. The zero-order valence-electron chi connectivity index (χ0n) is 11.8. The molecular formula is C15H18ClNO3S. The largest absolute Gasteiger partial charge is 0.480 e. The Hall–Kier alpha value is -1.20. The van der Waals surface area contributed by atoms with Crippen LogP contribution in [0.3, 0.4) is 0 Å². The lowest BCUT2D eigenvalue weighted by molar-refractivity contribution is -0.147. The fourth-order valence-corrected chi connectivity index (χ4v) is 3.11. The summed E-state index contributed by atoms with van der Waals surface area (Å²) in [6.07, 6.45) is 2.02. The molecule has 1 aromatic carbocycles. The quantitative estimate of drug-likeness (QED) is 0.755. The SMILES string of the molecule is CC(NC(=O)CCSc1ccc(Cl)cc1)(C(=O)O)C1CC1. The van der Waals surface area contributed by atoms with Gasteiger partial charge in [-0.3, -0.25) is 4.79 Å². The van der Waals surface area contributed by atoms with Crippen molar-refractivity contribution >= 4 is 35.2 Å². The standard InChI is InChI=1S/C15H18ClNO3S/c1-15(14(19)20,10-2-3-10)17-13(18)8-9-21-12-6-4-11(16)5-7-12/h4-7,10H,2-3,8-9H2,1H3,(H,17,18)(H,19,20). The maximum Gasteiger partial charge on any atom is 0.329 e. The minimum Gasteiger partial charge on any atom is -0.480 e. The maximum absolute atomic E-state index is 11.9. The van der Waals surface area contributed by atoms with Gasteiger partial charge < -0.3 is 10.4 Å². The highest BCUT2D eigenvalue weighted by Crippen LogP contribution is 2.39. The van der Waals surface area contributed by atoms with Gasteiger partial charge in [-0.15, -0.1) is 11.8 Å². The van der Waals surface area contributed by atoms with E-state index in [9.17, 15) is 14.7 Å². The average Bonchev–Trinajstić information content (AvgIpc) is 3.25. The number of hydrogen-bond donors (Lipinski definition) is 2. The zero-order valence-corrected chi connectivity index (χ0v) is 13.3. The summed E-state index contributed by atoms with van der Waals surface area (Å²) in [5, 5.41) is 12.6. The number of hydrogen-bond acceptors (Lipinski definition) is 3. The lowest BCUT2D eigenvalue weighted by atomic mass is 9.96. The first kappa shape index (κ1) is 16.2. The van der Waals surface area contributed by atoms with Gasteiger partial charge in [0.25, 0.3) is 0 Å². The molecule has 1 atom stereocenters. The van der Waals surface area contributed by atoms with Crippen molar-refractivity contribution in [1.82, 2.24) is 5.32 Å². The second-order valence-electron chi connectivity index (χ2n) is 5.38. The lowest BCUT2D eigenvalue weighted by Crippen LogP contribution is -2.54. The van der Waals surface area contributed by atoms with Crippen molar-refractivity contribution in [3.63, 3.8) is 0 Å². The van der Waals surface area contributed by atoms with Crippen LogP contribution in [0, 0.1) is 5.92 Å². The van der Waals surface area contributed by atoms with Gasteiger partial charge in [0.2, 0.25) is 5.91 Å². The zero-order chi connectivity index (χ0) is 15.5. The summed E-state index contributed by atoms with van der Waals surface area (Å²) in [5.74, 6) is -0.506. The third-order valence-electron chi connectivity index (χ3n) is 3.65. The fraction of sp³-hybridized carbons (Fsp3) is 0.467. The maximum atomic E-state index is 11.9. The Labute approximate surface area is 133 Å². The molecule has 1 unspecified atom stereocenters. The second-order valence-corrected chi connectivity index (χ2v) is 6.99. The molecule has 1 aliphatic rings. The molecule has 1 fully saturated rings. The third-order valence-corrected chi connectivity index (χ3v) is 4.91. The molecule has 6 heteroatoms. The van der Waals surface area contributed by atoms with E-state index in [0.717, 1.165) is 17.7 Å². The summed E-state index contributed by atoms with van der Waals surface area (Å²) in [6.45, 7) is 1.59. The number of amides is 1.